The number of nitrogens with one attached hydrogen (secondary N) is 2. The van der Waals surface area contributed by atoms with Crippen LogP contribution in [-0.4, -0.2) is 42.8 Å². The predicted octanol–water partition coefficient (Wildman–Crippen LogP) is 4.56. The highest BCUT2D eigenvalue weighted by molar-refractivity contribution is 5.83. The molecule has 0 aromatic heterocycles. The van der Waals surface area contributed by atoms with E-state index in [1.165, 1.54) is 0 Å². The third kappa shape index (κ3) is 5.50. The Morgan fingerprint density at radius 3 is 2.17 bits per heavy atom. The number of aliphatic carboxylic acids is 1. The summed E-state index contributed by atoms with van der Waals surface area (Å²) in [7, 11) is 0. The summed E-state index contributed by atoms with van der Waals surface area (Å²) < 4.78 is 5.56. The minimum Gasteiger partial charge on any atom is -0.481 e. The average Bonchev–Trinajstić information content (AvgIpc) is 3.18. The molecule has 0 aliphatic heterocycles. The van der Waals surface area contributed by atoms with E-state index in [1.807, 2.05) is 24.3 Å². The van der Waals surface area contributed by atoms with Crippen molar-refractivity contribution >= 4 is 18.0 Å². The molecule has 4 rings (SSSR count). The molecule has 186 valence electrons. The van der Waals surface area contributed by atoms with Crippen molar-refractivity contribution in [2.24, 2.45) is 17.3 Å². The van der Waals surface area contributed by atoms with Gasteiger partial charge in [0.1, 0.15) is 6.61 Å². The highest BCUT2D eigenvalue weighted by atomic mass is 16.5. The van der Waals surface area contributed by atoms with Crippen molar-refractivity contribution in [1.82, 2.24) is 10.6 Å². The molecule has 2 aliphatic carbocycles. The van der Waals surface area contributed by atoms with Crippen LogP contribution in [0.1, 0.15) is 56.6 Å². The maximum Gasteiger partial charge on any atom is 0.407 e. The number of hydrogen-bond acceptors (Lipinski definition) is 4. The van der Waals surface area contributed by atoms with Crippen molar-refractivity contribution in [3.8, 4) is 11.1 Å². The number of hydrogen-bond donors (Lipinski definition) is 3. The maximum atomic E-state index is 12.8. The molecule has 0 radical (unpaired) electrons. The average molecular weight is 479 g/mol. The molecule has 0 spiro atoms. The zero-order chi connectivity index (χ0) is 25.0. The van der Waals surface area contributed by atoms with Gasteiger partial charge in [-0.05, 0) is 54.9 Å². The smallest absolute Gasteiger partial charge is 0.407 e. The first-order valence-corrected chi connectivity index (χ1v) is 12.4. The van der Waals surface area contributed by atoms with Crippen molar-refractivity contribution in [3.63, 3.8) is 0 Å². The summed E-state index contributed by atoms with van der Waals surface area (Å²) in [5, 5.41) is 15.1. The van der Waals surface area contributed by atoms with Crippen LogP contribution in [0.2, 0.25) is 0 Å². The number of carboxylic acid groups (broad SMARTS) is 1. The van der Waals surface area contributed by atoms with Crippen LogP contribution < -0.4 is 10.6 Å². The molecule has 35 heavy (non-hydrogen) atoms. The molecular formula is C28H34N2O5. The second-order valence-electron chi connectivity index (χ2n) is 10.3. The minimum atomic E-state index is -0.862. The lowest BCUT2D eigenvalue weighted by molar-refractivity contribution is -0.145. The van der Waals surface area contributed by atoms with Gasteiger partial charge in [0.05, 0.1) is 11.3 Å². The van der Waals surface area contributed by atoms with E-state index in [1.54, 1.807) is 13.8 Å². The Bertz CT molecular complexity index is 1050. The second-order valence-corrected chi connectivity index (χ2v) is 10.3. The third-order valence-electron chi connectivity index (χ3n) is 7.38. The van der Waals surface area contributed by atoms with Crippen LogP contribution in [0.5, 0.6) is 0 Å². The molecule has 7 nitrogen and oxygen atoms in total. The van der Waals surface area contributed by atoms with Crippen LogP contribution in [0.15, 0.2) is 48.5 Å². The lowest BCUT2D eigenvalue weighted by Crippen LogP contribution is -2.47. The number of carbonyl (C=O) groups excluding carboxylic acids is 2. The molecule has 7 heteroatoms. The number of carbonyl (C=O) groups is 3. The Morgan fingerprint density at radius 2 is 1.54 bits per heavy atom. The third-order valence-corrected chi connectivity index (χ3v) is 7.38. The molecule has 1 fully saturated rings. The van der Waals surface area contributed by atoms with Gasteiger partial charge in [0.25, 0.3) is 0 Å². The van der Waals surface area contributed by atoms with E-state index in [-0.39, 0.29) is 30.9 Å². The fraction of sp³-hybridized carbons (Fsp3) is 0.464. The fourth-order valence-electron chi connectivity index (χ4n) is 5.26. The first-order valence-electron chi connectivity index (χ1n) is 12.4. The van der Waals surface area contributed by atoms with E-state index in [4.69, 9.17) is 4.74 Å². The Balaban J connectivity index is 1.27. The monoisotopic (exact) mass is 478 g/mol. The second kappa shape index (κ2) is 10.5. The number of amides is 2. The molecule has 2 atom stereocenters. The minimum absolute atomic E-state index is 0.0258. The van der Waals surface area contributed by atoms with Crippen molar-refractivity contribution in [2.45, 2.75) is 45.4 Å². The maximum absolute atomic E-state index is 12.8. The first kappa shape index (κ1) is 24.8. The van der Waals surface area contributed by atoms with Crippen LogP contribution >= 0.6 is 0 Å². The summed E-state index contributed by atoms with van der Waals surface area (Å²) in [6.07, 6.45) is 2.79. The van der Waals surface area contributed by atoms with E-state index in [0.717, 1.165) is 41.5 Å². The van der Waals surface area contributed by atoms with Crippen molar-refractivity contribution in [2.75, 3.05) is 19.7 Å². The summed E-state index contributed by atoms with van der Waals surface area (Å²) in [5.41, 5.74) is 3.75. The van der Waals surface area contributed by atoms with E-state index < -0.39 is 23.4 Å². The van der Waals surface area contributed by atoms with Gasteiger partial charge in [-0.3, -0.25) is 9.59 Å². The molecule has 0 saturated heterocycles. The Kier molecular flexibility index (Phi) is 7.43. The summed E-state index contributed by atoms with van der Waals surface area (Å²) in [6, 6.07) is 16.3. The molecule has 2 aromatic rings. The molecule has 3 N–H and O–H groups in total. The number of carboxylic acids is 1. The van der Waals surface area contributed by atoms with Gasteiger partial charge >= 0.3 is 12.1 Å². The van der Waals surface area contributed by atoms with Gasteiger partial charge in [-0.1, -0.05) is 61.4 Å². The summed E-state index contributed by atoms with van der Waals surface area (Å²) >= 11 is 0. The van der Waals surface area contributed by atoms with Crippen molar-refractivity contribution in [1.29, 1.82) is 0 Å². The highest BCUT2D eigenvalue weighted by Gasteiger charge is 2.34. The summed E-state index contributed by atoms with van der Waals surface area (Å²) in [5.74, 6) is -1.50. The van der Waals surface area contributed by atoms with Gasteiger partial charge in [0.15, 0.2) is 0 Å². The fourth-order valence-corrected chi connectivity index (χ4v) is 5.26. The molecule has 2 aromatic carbocycles. The molecule has 0 unspecified atom stereocenters. The first-order chi connectivity index (χ1) is 16.8. The topological polar surface area (TPSA) is 105 Å². The molecule has 1 saturated carbocycles. The number of rotatable bonds is 8. The predicted molar refractivity (Wildman–Crippen MR) is 133 cm³/mol. The quantitative estimate of drug-likeness (QED) is 0.516. The molecule has 2 aliphatic rings. The lowest BCUT2D eigenvalue weighted by Gasteiger charge is -2.30. The van der Waals surface area contributed by atoms with Crippen LogP contribution in [0.3, 0.4) is 0 Å². The lowest BCUT2D eigenvalue weighted by atomic mass is 9.79. The van der Waals surface area contributed by atoms with Gasteiger partial charge in [-0.25, -0.2) is 4.79 Å². The number of benzene rings is 2. The SMILES string of the molecule is CC(C)(CNC(=O)OCC1c2ccccc2-c2ccccc21)C(=O)NC[C@@H]1CCCC[C@@H]1C(=O)O. The zero-order valence-corrected chi connectivity index (χ0v) is 20.4. The van der Waals surface area contributed by atoms with E-state index in [9.17, 15) is 19.5 Å². The summed E-state index contributed by atoms with van der Waals surface area (Å²) in [6.45, 7) is 4.17. The van der Waals surface area contributed by atoms with Crippen LogP contribution in [0.25, 0.3) is 11.1 Å². The Labute approximate surface area is 206 Å². The molecule has 2 amide bonds. The van der Waals surface area contributed by atoms with Crippen LogP contribution in [0.4, 0.5) is 4.79 Å². The zero-order valence-electron chi connectivity index (χ0n) is 20.4. The van der Waals surface area contributed by atoms with Gasteiger partial charge < -0.3 is 20.5 Å². The molecular weight excluding hydrogens is 444 g/mol. The van der Waals surface area contributed by atoms with Crippen molar-refractivity contribution < 1.29 is 24.2 Å². The highest BCUT2D eigenvalue weighted by Crippen LogP contribution is 2.44. The van der Waals surface area contributed by atoms with E-state index in [2.05, 4.69) is 34.9 Å². The van der Waals surface area contributed by atoms with Crippen molar-refractivity contribution in [3.05, 3.63) is 59.7 Å². The number of ether oxygens (including phenoxy) is 1. The largest absolute Gasteiger partial charge is 0.481 e. The Morgan fingerprint density at radius 1 is 0.943 bits per heavy atom. The van der Waals surface area contributed by atoms with Gasteiger partial charge in [0, 0.05) is 19.0 Å². The van der Waals surface area contributed by atoms with Crippen LogP contribution in [0, 0.1) is 17.3 Å². The molecule has 0 heterocycles. The standard InChI is InChI=1S/C28H34N2O5/c1-28(2,26(33)29-15-18-9-3-4-10-19(18)25(31)32)17-30-27(34)35-16-24-22-13-7-5-11-20(22)21-12-6-8-14-23(21)24/h5-8,11-14,18-19,24H,3-4,9-10,15-17H2,1-2H3,(H,29,33)(H,30,34)(H,31,32)/t18-,19-/m0/s1. The molecule has 0 bridgehead atoms. The van der Waals surface area contributed by atoms with Gasteiger partial charge in [-0.15, -0.1) is 0 Å². The van der Waals surface area contributed by atoms with Crippen LogP contribution in [-0.2, 0) is 14.3 Å². The van der Waals surface area contributed by atoms with Gasteiger partial charge in [0.2, 0.25) is 5.91 Å². The van der Waals surface area contributed by atoms with Gasteiger partial charge in [-0.2, -0.15) is 0 Å². The van der Waals surface area contributed by atoms with E-state index >= 15 is 0 Å². The number of alkyl carbamates (subject to hydrolysis) is 1. The van der Waals surface area contributed by atoms with E-state index in [0.29, 0.717) is 13.0 Å². The Hall–Kier alpha value is -3.35. The summed E-state index contributed by atoms with van der Waals surface area (Å²) in [4.78, 5) is 36.8. The number of fused-ring (bicyclic) bond motifs is 3. The normalized spacial score (nSPS) is 19.4.